The van der Waals surface area contributed by atoms with Gasteiger partial charge in [-0.1, -0.05) is 39.7 Å². The molecule has 0 fully saturated rings. The highest BCUT2D eigenvalue weighted by Gasteiger charge is 2.36. The van der Waals surface area contributed by atoms with Crippen LogP contribution in [-0.2, 0) is 16.1 Å². The summed E-state index contributed by atoms with van der Waals surface area (Å²) >= 11 is 0. The lowest BCUT2D eigenvalue weighted by molar-refractivity contribution is -0.129. The Morgan fingerprint density at radius 2 is 2.00 bits per heavy atom. The molecule has 3 amide bonds. The maximum atomic E-state index is 12.5. The lowest BCUT2D eigenvalue weighted by Gasteiger charge is -2.25. The van der Waals surface area contributed by atoms with Gasteiger partial charge >= 0.3 is 0 Å². The van der Waals surface area contributed by atoms with Crippen LogP contribution in [0.1, 0.15) is 56.0 Å². The zero-order valence-corrected chi connectivity index (χ0v) is 14.9. The number of rotatable bonds is 6. The van der Waals surface area contributed by atoms with E-state index in [-0.39, 0.29) is 5.91 Å². The average Bonchev–Trinajstić information content (AvgIpc) is 2.90. The number of imide groups is 1. The Bertz CT molecular complexity index is 587. The summed E-state index contributed by atoms with van der Waals surface area (Å²) in [5.74, 6) is -0.597. The molecule has 6 nitrogen and oxygen atoms in total. The average molecular weight is 333 g/mol. The minimum Gasteiger partial charge on any atom is -0.388 e. The minimum atomic E-state index is -0.621. The largest absolute Gasteiger partial charge is 0.388 e. The predicted molar refractivity (Wildman–Crippen MR) is 94.7 cm³/mol. The molecular weight excluding hydrogens is 306 g/mol. The summed E-state index contributed by atoms with van der Waals surface area (Å²) in [5.41, 5.74) is 2.39. The fourth-order valence-corrected chi connectivity index (χ4v) is 2.70. The molecule has 1 aromatic rings. The van der Waals surface area contributed by atoms with Gasteiger partial charge in [0.1, 0.15) is 6.04 Å². The molecule has 1 aromatic carbocycles. The van der Waals surface area contributed by atoms with Crippen molar-refractivity contribution in [2.75, 3.05) is 12.4 Å². The van der Waals surface area contributed by atoms with Crippen LogP contribution in [0, 0.1) is 0 Å². The maximum absolute atomic E-state index is 12.5. The Labute approximate surface area is 143 Å². The first-order valence-corrected chi connectivity index (χ1v) is 8.40. The smallest absolute Gasteiger partial charge is 0.255 e. The van der Waals surface area contributed by atoms with Crippen LogP contribution in [0.25, 0.3) is 0 Å². The number of hydrogen-bond acceptors (Lipinski definition) is 4. The van der Waals surface area contributed by atoms with Crippen LogP contribution in [0.15, 0.2) is 18.2 Å². The zero-order chi connectivity index (χ0) is 18.1. The van der Waals surface area contributed by atoms with Crippen LogP contribution in [0.5, 0.6) is 0 Å². The highest BCUT2D eigenvalue weighted by molar-refractivity contribution is 6.03. The topological polar surface area (TPSA) is 78.5 Å². The first-order chi connectivity index (χ1) is 11.5. The van der Waals surface area contributed by atoms with E-state index in [1.54, 1.807) is 13.1 Å². The van der Waals surface area contributed by atoms with Crippen molar-refractivity contribution >= 4 is 23.9 Å². The van der Waals surface area contributed by atoms with Crippen molar-refractivity contribution in [3.63, 3.8) is 0 Å². The van der Waals surface area contributed by atoms with Crippen LogP contribution in [0.3, 0.4) is 0 Å². The number of anilines is 1. The summed E-state index contributed by atoms with van der Waals surface area (Å²) in [6.07, 6.45) is 2.88. The molecular formula is C18H27N3O3. The second-order valence-corrected chi connectivity index (χ2v) is 5.65. The lowest BCUT2D eigenvalue weighted by Crippen LogP contribution is -2.46. The van der Waals surface area contributed by atoms with Gasteiger partial charge in [0, 0.05) is 30.4 Å². The quantitative estimate of drug-likeness (QED) is 0.784. The molecule has 2 rings (SSSR count). The van der Waals surface area contributed by atoms with Crippen LogP contribution in [0.4, 0.5) is 5.69 Å². The van der Waals surface area contributed by atoms with E-state index in [4.69, 9.17) is 0 Å². The molecule has 0 bridgehead atoms. The molecule has 0 saturated carbocycles. The van der Waals surface area contributed by atoms with E-state index in [2.05, 4.69) is 24.5 Å². The van der Waals surface area contributed by atoms with Crippen LogP contribution in [-0.4, -0.2) is 36.2 Å². The maximum Gasteiger partial charge on any atom is 0.255 e. The standard InChI is InChI=1S/C15H19N3O3.C3H8/c1-3-5-13(14(20)17-9-19)18-8-11-10(15(18)21)6-4-7-12(11)16-2;1-3-2/h4,6-7,9,13,16H,3,5,8H2,1-2H3,(H,17,19,20);3H2,1-2H3. The molecule has 1 aliphatic rings. The van der Waals surface area contributed by atoms with Crippen molar-refractivity contribution < 1.29 is 14.4 Å². The fourth-order valence-electron chi connectivity index (χ4n) is 2.70. The molecule has 0 spiro atoms. The first kappa shape index (κ1) is 19.7. The summed E-state index contributed by atoms with van der Waals surface area (Å²) in [4.78, 5) is 36.6. The van der Waals surface area contributed by atoms with Gasteiger partial charge in [-0.2, -0.15) is 0 Å². The third-order valence-corrected chi connectivity index (χ3v) is 3.71. The van der Waals surface area contributed by atoms with Gasteiger partial charge in [-0.15, -0.1) is 0 Å². The molecule has 0 radical (unpaired) electrons. The van der Waals surface area contributed by atoms with E-state index in [1.807, 2.05) is 19.1 Å². The monoisotopic (exact) mass is 333 g/mol. The van der Waals surface area contributed by atoms with Gasteiger partial charge in [-0.25, -0.2) is 0 Å². The Balaban J connectivity index is 0.000000891. The highest BCUT2D eigenvalue weighted by atomic mass is 16.2. The highest BCUT2D eigenvalue weighted by Crippen LogP contribution is 2.31. The second kappa shape index (κ2) is 9.70. The summed E-state index contributed by atoms with van der Waals surface area (Å²) in [6.45, 7) is 6.57. The number of fused-ring (bicyclic) bond motifs is 1. The molecule has 1 heterocycles. The Morgan fingerprint density at radius 1 is 1.33 bits per heavy atom. The minimum absolute atomic E-state index is 0.165. The predicted octanol–water partition coefficient (Wildman–Crippen LogP) is 2.54. The normalized spacial score (nSPS) is 13.5. The Kier molecular flexibility index (Phi) is 7.95. The van der Waals surface area contributed by atoms with E-state index in [0.29, 0.717) is 24.9 Å². The van der Waals surface area contributed by atoms with Crippen LogP contribution < -0.4 is 10.6 Å². The first-order valence-electron chi connectivity index (χ1n) is 8.40. The molecule has 1 unspecified atom stereocenters. The molecule has 24 heavy (non-hydrogen) atoms. The number of amides is 3. The molecule has 1 atom stereocenters. The SMILES string of the molecule is CCC.CCCC(C(=O)NC=O)N1Cc2c(NC)cccc2C1=O. The van der Waals surface area contributed by atoms with E-state index in [1.165, 1.54) is 11.3 Å². The molecule has 0 aromatic heterocycles. The van der Waals surface area contributed by atoms with Crippen molar-refractivity contribution in [3.8, 4) is 0 Å². The van der Waals surface area contributed by atoms with Crippen molar-refractivity contribution in [2.45, 2.75) is 52.6 Å². The van der Waals surface area contributed by atoms with Gasteiger partial charge in [0.25, 0.3) is 5.91 Å². The zero-order valence-electron chi connectivity index (χ0n) is 14.9. The number of nitrogens with zero attached hydrogens (tertiary/aromatic N) is 1. The van der Waals surface area contributed by atoms with Gasteiger partial charge < -0.3 is 10.2 Å². The van der Waals surface area contributed by atoms with Crippen molar-refractivity contribution in [1.29, 1.82) is 0 Å². The summed E-state index contributed by atoms with van der Waals surface area (Å²) in [6, 6.07) is 4.85. The molecule has 0 saturated heterocycles. The number of hydrogen-bond donors (Lipinski definition) is 2. The van der Waals surface area contributed by atoms with Gasteiger partial charge in [0.15, 0.2) is 0 Å². The second-order valence-electron chi connectivity index (χ2n) is 5.65. The van der Waals surface area contributed by atoms with Crippen LogP contribution in [0.2, 0.25) is 0 Å². The van der Waals surface area contributed by atoms with Gasteiger partial charge in [-0.3, -0.25) is 19.7 Å². The van der Waals surface area contributed by atoms with E-state index < -0.39 is 11.9 Å². The molecule has 0 aliphatic carbocycles. The van der Waals surface area contributed by atoms with Crippen molar-refractivity contribution in [1.82, 2.24) is 10.2 Å². The third kappa shape index (κ3) is 4.34. The van der Waals surface area contributed by atoms with E-state index in [0.717, 1.165) is 17.7 Å². The molecule has 132 valence electrons. The molecule has 6 heteroatoms. The molecule has 1 aliphatic heterocycles. The summed E-state index contributed by atoms with van der Waals surface area (Å²) < 4.78 is 0. The van der Waals surface area contributed by atoms with E-state index in [9.17, 15) is 14.4 Å². The van der Waals surface area contributed by atoms with Gasteiger partial charge in [0.05, 0.1) is 0 Å². The Hall–Kier alpha value is -2.37. The molecule has 2 N–H and O–H groups in total. The summed E-state index contributed by atoms with van der Waals surface area (Å²) in [5, 5.41) is 5.21. The number of carbonyl (C=O) groups is 3. The summed E-state index contributed by atoms with van der Waals surface area (Å²) in [7, 11) is 1.80. The number of nitrogens with one attached hydrogen (secondary N) is 2. The van der Waals surface area contributed by atoms with Crippen molar-refractivity contribution in [2.24, 2.45) is 0 Å². The lowest BCUT2D eigenvalue weighted by atomic mass is 10.1. The number of carbonyl (C=O) groups excluding carboxylic acids is 3. The fraction of sp³-hybridized carbons (Fsp3) is 0.500. The van der Waals surface area contributed by atoms with Gasteiger partial charge in [-0.05, 0) is 18.6 Å². The van der Waals surface area contributed by atoms with E-state index >= 15 is 0 Å². The van der Waals surface area contributed by atoms with Crippen LogP contribution >= 0.6 is 0 Å². The number of benzene rings is 1. The van der Waals surface area contributed by atoms with Crippen molar-refractivity contribution in [3.05, 3.63) is 29.3 Å². The Morgan fingerprint density at radius 3 is 2.54 bits per heavy atom. The van der Waals surface area contributed by atoms with Gasteiger partial charge in [0.2, 0.25) is 12.3 Å². The third-order valence-electron chi connectivity index (χ3n) is 3.71.